The number of nitrogens with one attached hydrogen (secondary N) is 1. The van der Waals surface area contributed by atoms with Crippen LogP contribution in [0, 0.1) is 6.92 Å². The van der Waals surface area contributed by atoms with Crippen LogP contribution in [0.25, 0.3) is 0 Å². The molecule has 6 nitrogen and oxygen atoms in total. The summed E-state index contributed by atoms with van der Waals surface area (Å²) in [7, 11) is 1.60. The minimum absolute atomic E-state index is 0.146. The van der Waals surface area contributed by atoms with Crippen LogP contribution in [0.2, 0.25) is 0 Å². The molecule has 1 unspecified atom stereocenters. The number of carbonyl (C=O) groups is 2. The molecule has 0 aliphatic heterocycles. The molecule has 0 spiro atoms. The van der Waals surface area contributed by atoms with E-state index in [-0.39, 0.29) is 18.4 Å². The molecule has 0 aromatic heterocycles. The van der Waals surface area contributed by atoms with Crippen LogP contribution in [0.4, 0.5) is 0 Å². The maximum atomic E-state index is 13.0. The second-order valence-electron chi connectivity index (χ2n) is 8.39. The molecule has 1 N–H and O–H groups in total. The zero-order chi connectivity index (χ0) is 22.3. The quantitative estimate of drug-likeness (QED) is 0.718. The van der Waals surface area contributed by atoms with Crippen LogP contribution < -0.4 is 14.8 Å². The molecule has 0 aliphatic carbocycles. The smallest absolute Gasteiger partial charge is 0.261 e. The first-order valence-corrected chi connectivity index (χ1v) is 10.0. The van der Waals surface area contributed by atoms with Crippen molar-refractivity contribution in [2.24, 2.45) is 0 Å². The van der Waals surface area contributed by atoms with E-state index in [0.717, 1.165) is 16.9 Å². The third-order valence-electron chi connectivity index (χ3n) is 4.56. The molecule has 2 aromatic carbocycles. The highest BCUT2D eigenvalue weighted by molar-refractivity contribution is 5.88. The summed E-state index contributed by atoms with van der Waals surface area (Å²) in [5.74, 6) is 0.880. The summed E-state index contributed by atoms with van der Waals surface area (Å²) in [5, 5.41) is 2.94. The lowest BCUT2D eigenvalue weighted by Crippen LogP contribution is -2.53. The summed E-state index contributed by atoms with van der Waals surface area (Å²) in [4.78, 5) is 27.3. The van der Waals surface area contributed by atoms with E-state index in [0.29, 0.717) is 12.3 Å². The van der Waals surface area contributed by atoms with E-state index in [1.807, 2.05) is 76.2 Å². The highest BCUT2D eigenvalue weighted by Crippen LogP contribution is 2.16. The maximum Gasteiger partial charge on any atom is 0.261 e. The molecule has 0 radical (unpaired) electrons. The molecule has 2 rings (SSSR count). The Morgan fingerprint density at radius 1 is 1.00 bits per heavy atom. The molecule has 0 bridgehead atoms. The van der Waals surface area contributed by atoms with Gasteiger partial charge in [0, 0.05) is 12.1 Å². The van der Waals surface area contributed by atoms with Crippen molar-refractivity contribution in [3.05, 3.63) is 59.7 Å². The van der Waals surface area contributed by atoms with Gasteiger partial charge in [0.1, 0.15) is 17.5 Å². The first kappa shape index (κ1) is 23.3. The Morgan fingerprint density at radius 3 is 2.10 bits per heavy atom. The molecule has 0 saturated carbocycles. The standard InChI is InChI=1S/C24H32N2O4/c1-17-7-11-21(12-8-17)30-16-22(27)26(18(2)23(28)25-24(3,4)5)15-19-9-13-20(29-6)14-10-19/h7-14,18H,15-16H2,1-6H3,(H,25,28). The van der Waals surface area contributed by atoms with Crippen molar-refractivity contribution < 1.29 is 19.1 Å². The first-order valence-electron chi connectivity index (χ1n) is 10.0. The molecule has 0 aliphatic rings. The molecule has 2 aromatic rings. The van der Waals surface area contributed by atoms with Crippen molar-refractivity contribution in [2.45, 2.75) is 52.7 Å². The van der Waals surface area contributed by atoms with Gasteiger partial charge in [-0.25, -0.2) is 0 Å². The van der Waals surface area contributed by atoms with Gasteiger partial charge in [0.15, 0.2) is 6.61 Å². The van der Waals surface area contributed by atoms with Crippen molar-refractivity contribution >= 4 is 11.8 Å². The van der Waals surface area contributed by atoms with Gasteiger partial charge in [-0.3, -0.25) is 9.59 Å². The fourth-order valence-electron chi connectivity index (χ4n) is 2.85. The van der Waals surface area contributed by atoms with E-state index < -0.39 is 11.6 Å². The second kappa shape index (κ2) is 10.1. The number of methoxy groups -OCH3 is 1. The number of amides is 2. The minimum atomic E-state index is -0.652. The fraction of sp³-hybridized carbons (Fsp3) is 0.417. The second-order valence-corrected chi connectivity index (χ2v) is 8.39. The summed E-state index contributed by atoms with van der Waals surface area (Å²) < 4.78 is 10.9. The monoisotopic (exact) mass is 412 g/mol. The maximum absolute atomic E-state index is 13.0. The van der Waals surface area contributed by atoms with Crippen LogP contribution in [-0.4, -0.2) is 42.0 Å². The van der Waals surface area contributed by atoms with Gasteiger partial charge in [0.25, 0.3) is 5.91 Å². The van der Waals surface area contributed by atoms with Gasteiger partial charge in [-0.2, -0.15) is 0 Å². The largest absolute Gasteiger partial charge is 0.497 e. The number of hydrogen-bond acceptors (Lipinski definition) is 4. The number of hydrogen-bond donors (Lipinski definition) is 1. The van der Waals surface area contributed by atoms with Crippen molar-refractivity contribution in [3.8, 4) is 11.5 Å². The Hall–Kier alpha value is -3.02. The third-order valence-corrected chi connectivity index (χ3v) is 4.56. The van der Waals surface area contributed by atoms with Gasteiger partial charge in [0.05, 0.1) is 7.11 Å². The van der Waals surface area contributed by atoms with Crippen LogP contribution in [0.5, 0.6) is 11.5 Å². The number of ether oxygens (including phenoxy) is 2. The van der Waals surface area contributed by atoms with Crippen molar-refractivity contribution in [1.82, 2.24) is 10.2 Å². The normalized spacial score (nSPS) is 12.1. The summed E-state index contributed by atoms with van der Waals surface area (Å²) in [6.45, 7) is 9.59. The average Bonchev–Trinajstić information content (AvgIpc) is 2.70. The van der Waals surface area contributed by atoms with E-state index in [1.54, 1.807) is 14.0 Å². The fourth-order valence-corrected chi connectivity index (χ4v) is 2.85. The predicted molar refractivity (Wildman–Crippen MR) is 118 cm³/mol. The topological polar surface area (TPSA) is 67.9 Å². The average molecular weight is 413 g/mol. The Morgan fingerprint density at radius 2 is 1.57 bits per heavy atom. The van der Waals surface area contributed by atoms with Gasteiger partial charge in [-0.15, -0.1) is 0 Å². The van der Waals surface area contributed by atoms with Crippen molar-refractivity contribution in [1.29, 1.82) is 0 Å². The lowest BCUT2D eigenvalue weighted by molar-refractivity contribution is -0.142. The van der Waals surface area contributed by atoms with Crippen molar-refractivity contribution in [2.75, 3.05) is 13.7 Å². The molecule has 0 saturated heterocycles. The molecular formula is C24H32N2O4. The molecule has 0 fully saturated rings. The number of rotatable bonds is 8. The van der Waals surface area contributed by atoms with E-state index in [1.165, 1.54) is 4.90 Å². The molecule has 1 atom stereocenters. The van der Waals surface area contributed by atoms with Crippen LogP contribution in [0.15, 0.2) is 48.5 Å². The van der Waals surface area contributed by atoms with Crippen LogP contribution in [-0.2, 0) is 16.1 Å². The highest BCUT2D eigenvalue weighted by atomic mass is 16.5. The number of benzene rings is 2. The van der Waals surface area contributed by atoms with E-state index in [9.17, 15) is 9.59 Å². The predicted octanol–water partition coefficient (Wildman–Crippen LogP) is 3.71. The summed E-state index contributed by atoms with van der Waals surface area (Å²) in [6, 6.07) is 14.3. The van der Waals surface area contributed by atoms with Gasteiger partial charge in [-0.1, -0.05) is 29.8 Å². The number of nitrogens with zero attached hydrogens (tertiary/aromatic N) is 1. The molecule has 6 heteroatoms. The van der Waals surface area contributed by atoms with Gasteiger partial charge in [0.2, 0.25) is 5.91 Å². The Labute approximate surface area is 179 Å². The van der Waals surface area contributed by atoms with Crippen molar-refractivity contribution in [3.63, 3.8) is 0 Å². The Kier molecular flexibility index (Phi) is 7.86. The molecular weight excluding hydrogens is 380 g/mol. The minimum Gasteiger partial charge on any atom is -0.497 e. The zero-order valence-electron chi connectivity index (χ0n) is 18.7. The zero-order valence-corrected chi connectivity index (χ0v) is 18.7. The van der Waals surface area contributed by atoms with E-state index in [4.69, 9.17) is 9.47 Å². The van der Waals surface area contributed by atoms with Crippen LogP contribution in [0.3, 0.4) is 0 Å². The van der Waals surface area contributed by atoms with Gasteiger partial charge < -0.3 is 19.7 Å². The summed E-state index contributed by atoms with van der Waals surface area (Å²) in [5.41, 5.74) is 1.62. The molecule has 0 heterocycles. The summed E-state index contributed by atoms with van der Waals surface area (Å²) in [6.07, 6.45) is 0. The number of carbonyl (C=O) groups excluding carboxylic acids is 2. The lowest BCUT2D eigenvalue weighted by atomic mass is 10.1. The molecule has 2 amide bonds. The van der Waals surface area contributed by atoms with E-state index in [2.05, 4.69) is 5.32 Å². The highest BCUT2D eigenvalue weighted by Gasteiger charge is 2.28. The molecule has 162 valence electrons. The van der Waals surface area contributed by atoms with Gasteiger partial charge >= 0.3 is 0 Å². The number of aryl methyl sites for hydroxylation is 1. The summed E-state index contributed by atoms with van der Waals surface area (Å²) >= 11 is 0. The van der Waals surface area contributed by atoms with Crippen LogP contribution in [0.1, 0.15) is 38.8 Å². The Balaban J connectivity index is 2.16. The van der Waals surface area contributed by atoms with Crippen LogP contribution >= 0.6 is 0 Å². The Bertz CT molecular complexity index is 839. The van der Waals surface area contributed by atoms with E-state index >= 15 is 0 Å². The molecule has 30 heavy (non-hydrogen) atoms. The SMILES string of the molecule is COc1ccc(CN(C(=O)COc2ccc(C)cc2)C(C)C(=O)NC(C)(C)C)cc1. The lowest BCUT2D eigenvalue weighted by Gasteiger charge is -2.31. The first-order chi connectivity index (χ1) is 14.1. The van der Waals surface area contributed by atoms with Gasteiger partial charge in [-0.05, 0) is 64.4 Å². The third kappa shape index (κ3) is 7.10.